The molecule has 0 unspecified atom stereocenters. The Bertz CT molecular complexity index is 432. The van der Waals surface area contributed by atoms with E-state index in [0.717, 1.165) is 10.0 Å². The number of carbonyl (C=O) groups excluding carboxylic acids is 1. The predicted molar refractivity (Wildman–Crippen MR) is 74.4 cm³/mol. The van der Waals surface area contributed by atoms with Gasteiger partial charge in [-0.25, -0.2) is 0 Å². The van der Waals surface area contributed by atoms with E-state index in [2.05, 4.69) is 21.2 Å². The highest BCUT2D eigenvalue weighted by molar-refractivity contribution is 9.10. The summed E-state index contributed by atoms with van der Waals surface area (Å²) in [4.78, 5) is 11.4. The molecule has 1 aromatic rings. The number of rotatable bonds is 6. The molecule has 1 rings (SSSR count). The molecule has 0 aliphatic rings. The van der Waals surface area contributed by atoms with Gasteiger partial charge in [0.05, 0.1) is 7.11 Å². The van der Waals surface area contributed by atoms with Crippen LogP contribution in [0.25, 0.3) is 6.08 Å². The van der Waals surface area contributed by atoms with E-state index in [4.69, 9.17) is 9.84 Å². The van der Waals surface area contributed by atoms with Gasteiger partial charge in [-0.2, -0.15) is 0 Å². The summed E-state index contributed by atoms with van der Waals surface area (Å²) in [7, 11) is 1.59. The minimum Gasteiger partial charge on any atom is -0.496 e. The Morgan fingerprint density at radius 1 is 1.56 bits per heavy atom. The Labute approximate surface area is 115 Å². The van der Waals surface area contributed by atoms with Gasteiger partial charge >= 0.3 is 0 Å². The number of carbonyl (C=O) groups is 1. The number of amides is 1. The highest BCUT2D eigenvalue weighted by atomic mass is 79.9. The fraction of sp³-hybridized carbons (Fsp3) is 0.308. The van der Waals surface area contributed by atoms with Gasteiger partial charge in [0.25, 0.3) is 0 Å². The van der Waals surface area contributed by atoms with E-state index in [1.165, 1.54) is 6.08 Å². The molecule has 1 aromatic carbocycles. The largest absolute Gasteiger partial charge is 0.496 e. The number of aliphatic hydroxyl groups is 1. The van der Waals surface area contributed by atoms with Gasteiger partial charge in [-0.1, -0.05) is 15.9 Å². The van der Waals surface area contributed by atoms with Crippen LogP contribution >= 0.6 is 15.9 Å². The SMILES string of the molecule is COc1ccc(Br)cc1/C=C/C(=O)NCCCO. The Balaban J connectivity index is 2.65. The second-order valence-corrected chi connectivity index (χ2v) is 4.50. The molecule has 0 saturated heterocycles. The maximum absolute atomic E-state index is 11.4. The van der Waals surface area contributed by atoms with Crippen LogP contribution in [0.3, 0.4) is 0 Å². The number of hydrogen-bond acceptors (Lipinski definition) is 3. The molecule has 18 heavy (non-hydrogen) atoms. The number of aliphatic hydroxyl groups excluding tert-OH is 1. The minimum atomic E-state index is -0.189. The van der Waals surface area contributed by atoms with E-state index in [1.807, 2.05) is 18.2 Å². The van der Waals surface area contributed by atoms with E-state index in [0.29, 0.717) is 18.7 Å². The molecule has 4 nitrogen and oxygen atoms in total. The fourth-order valence-electron chi connectivity index (χ4n) is 1.35. The molecular weight excluding hydrogens is 298 g/mol. The summed E-state index contributed by atoms with van der Waals surface area (Å²) in [6, 6.07) is 5.57. The molecule has 1 amide bonds. The molecule has 0 aromatic heterocycles. The molecule has 0 atom stereocenters. The van der Waals surface area contributed by atoms with Gasteiger partial charge in [-0.3, -0.25) is 4.79 Å². The van der Waals surface area contributed by atoms with E-state index < -0.39 is 0 Å². The second-order valence-electron chi connectivity index (χ2n) is 3.59. The van der Waals surface area contributed by atoms with Crippen LogP contribution in [0.15, 0.2) is 28.7 Å². The molecule has 0 bridgehead atoms. The van der Waals surface area contributed by atoms with Crippen LogP contribution in [0.4, 0.5) is 0 Å². The Morgan fingerprint density at radius 3 is 3.00 bits per heavy atom. The topological polar surface area (TPSA) is 58.6 Å². The number of hydrogen-bond donors (Lipinski definition) is 2. The van der Waals surface area contributed by atoms with E-state index in [1.54, 1.807) is 13.2 Å². The van der Waals surface area contributed by atoms with Crippen molar-refractivity contribution >= 4 is 27.9 Å². The number of ether oxygens (including phenoxy) is 1. The second kappa shape index (κ2) is 7.89. The van der Waals surface area contributed by atoms with Crippen molar-refractivity contribution in [2.24, 2.45) is 0 Å². The average Bonchev–Trinajstić information content (AvgIpc) is 2.37. The third-order valence-electron chi connectivity index (χ3n) is 2.24. The smallest absolute Gasteiger partial charge is 0.244 e. The molecule has 0 aliphatic heterocycles. The molecule has 0 aliphatic carbocycles. The van der Waals surface area contributed by atoms with Crippen molar-refractivity contribution in [3.8, 4) is 5.75 Å². The minimum absolute atomic E-state index is 0.0729. The zero-order chi connectivity index (χ0) is 13.4. The summed E-state index contributed by atoms with van der Waals surface area (Å²) in [6.07, 6.45) is 3.69. The maximum Gasteiger partial charge on any atom is 0.244 e. The highest BCUT2D eigenvalue weighted by Crippen LogP contribution is 2.23. The van der Waals surface area contributed by atoms with Crippen LogP contribution in [0.1, 0.15) is 12.0 Å². The third kappa shape index (κ3) is 4.89. The van der Waals surface area contributed by atoms with Crippen LogP contribution < -0.4 is 10.1 Å². The lowest BCUT2D eigenvalue weighted by Gasteiger charge is -2.05. The van der Waals surface area contributed by atoms with Crippen LogP contribution in [0, 0.1) is 0 Å². The van der Waals surface area contributed by atoms with E-state index in [9.17, 15) is 4.79 Å². The first-order valence-corrected chi connectivity index (χ1v) is 6.37. The molecule has 0 saturated carbocycles. The number of benzene rings is 1. The molecule has 0 radical (unpaired) electrons. The lowest BCUT2D eigenvalue weighted by atomic mass is 10.2. The summed E-state index contributed by atoms with van der Waals surface area (Å²) in [5.74, 6) is 0.517. The normalized spacial score (nSPS) is 10.6. The van der Waals surface area contributed by atoms with Crippen molar-refractivity contribution in [1.29, 1.82) is 0 Å². The Hall–Kier alpha value is -1.33. The summed E-state index contributed by atoms with van der Waals surface area (Å²) in [5.41, 5.74) is 0.823. The van der Waals surface area contributed by atoms with Gasteiger partial charge in [-0.15, -0.1) is 0 Å². The summed E-state index contributed by atoms with van der Waals surface area (Å²) < 4.78 is 6.11. The highest BCUT2D eigenvalue weighted by Gasteiger charge is 2.01. The van der Waals surface area contributed by atoms with E-state index in [-0.39, 0.29) is 12.5 Å². The van der Waals surface area contributed by atoms with Crippen molar-refractivity contribution in [1.82, 2.24) is 5.32 Å². The van der Waals surface area contributed by atoms with Crippen LogP contribution in [0.5, 0.6) is 5.75 Å². The van der Waals surface area contributed by atoms with Gasteiger partial charge in [0.2, 0.25) is 5.91 Å². The van der Waals surface area contributed by atoms with Gasteiger partial charge in [0.15, 0.2) is 0 Å². The van der Waals surface area contributed by atoms with Crippen LogP contribution in [0.2, 0.25) is 0 Å². The number of nitrogens with one attached hydrogen (secondary N) is 1. The molecule has 98 valence electrons. The van der Waals surface area contributed by atoms with Gasteiger partial charge in [0.1, 0.15) is 5.75 Å². The monoisotopic (exact) mass is 313 g/mol. The quantitative estimate of drug-likeness (QED) is 0.623. The summed E-state index contributed by atoms with van der Waals surface area (Å²) in [6.45, 7) is 0.540. The van der Waals surface area contributed by atoms with E-state index >= 15 is 0 Å². The number of methoxy groups -OCH3 is 1. The number of halogens is 1. The summed E-state index contributed by atoms with van der Waals surface area (Å²) in [5, 5.41) is 11.3. The van der Waals surface area contributed by atoms with Crippen molar-refractivity contribution in [2.45, 2.75) is 6.42 Å². The van der Waals surface area contributed by atoms with Crippen LogP contribution in [-0.4, -0.2) is 31.3 Å². The van der Waals surface area contributed by atoms with Crippen molar-refractivity contribution in [2.75, 3.05) is 20.3 Å². The lowest BCUT2D eigenvalue weighted by Crippen LogP contribution is -2.22. The molecule has 2 N–H and O–H groups in total. The third-order valence-corrected chi connectivity index (χ3v) is 2.73. The first-order chi connectivity index (χ1) is 8.67. The first kappa shape index (κ1) is 14.7. The first-order valence-electron chi connectivity index (χ1n) is 5.57. The van der Waals surface area contributed by atoms with Crippen molar-refractivity contribution < 1.29 is 14.6 Å². The van der Waals surface area contributed by atoms with Gasteiger partial charge < -0.3 is 15.2 Å². The average molecular weight is 314 g/mol. The predicted octanol–water partition coefficient (Wildman–Crippen LogP) is 1.97. The molecule has 0 spiro atoms. The van der Waals surface area contributed by atoms with Gasteiger partial charge in [-0.05, 0) is 30.7 Å². The molecule has 0 fully saturated rings. The zero-order valence-electron chi connectivity index (χ0n) is 10.1. The molecule has 0 heterocycles. The summed E-state index contributed by atoms with van der Waals surface area (Å²) >= 11 is 3.37. The molecule has 5 heteroatoms. The van der Waals surface area contributed by atoms with Crippen molar-refractivity contribution in [3.63, 3.8) is 0 Å². The Morgan fingerprint density at radius 2 is 2.33 bits per heavy atom. The lowest BCUT2D eigenvalue weighted by molar-refractivity contribution is -0.116. The Kier molecular flexibility index (Phi) is 6.46. The van der Waals surface area contributed by atoms with Crippen LogP contribution in [-0.2, 0) is 4.79 Å². The molecular formula is C13H16BrNO3. The standard InChI is InChI=1S/C13H16BrNO3/c1-18-12-5-4-11(14)9-10(12)3-6-13(17)15-7-2-8-16/h3-6,9,16H,2,7-8H2,1H3,(H,15,17)/b6-3+. The zero-order valence-corrected chi connectivity index (χ0v) is 11.7. The van der Waals surface area contributed by atoms with Gasteiger partial charge in [0, 0.05) is 29.3 Å². The fourth-order valence-corrected chi connectivity index (χ4v) is 1.73. The van der Waals surface area contributed by atoms with Crippen molar-refractivity contribution in [3.05, 3.63) is 34.3 Å². The maximum atomic E-state index is 11.4.